The smallest absolute Gasteiger partial charge is 0.311 e. The molecule has 1 fully saturated rings. The van der Waals surface area contributed by atoms with Crippen molar-refractivity contribution in [2.45, 2.75) is 52.1 Å². The lowest BCUT2D eigenvalue weighted by molar-refractivity contribution is -0.171. The Morgan fingerprint density at radius 1 is 1.19 bits per heavy atom. The molecule has 4 N–H and O–H groups in total. The lowest BCUT2D eigenvalue weighted by Gasteiger charge is -2.56. The largest absolute Gasteiger partial charge is 0.504 e. The molecule has 1 aliphatic rings. The number of phenolic OH excluding ortho intramolecular Hbond substituents is 1. The van der Waals surface area contributed by atoms with Crippen LogP contribution in [0.4, 0.5) is 0 Å². The molecule has 0 aliphatic carbocycles. The van der Waals surface area contributed by atoms with Crippen LogP contribution >= 0.6 is 0 Å². The number of carboxylic acids is 2. The maximum Gasteiger partial charge on any atom is 0.311 e. The van der Waals surface area contributed by atoms with E-state index < -0.39 is 40.8 Å². The first kappa shape index (κ1) is 20.0. The summed E-state index contributed by atoms with van der Waals surface area (Å²) in [4.78, 5) is 24.7. The molecular formula is C19H27NO6. The molecule has 1 aromatic carbocycles. The molecule has 1 saturated heterocycles. The third kappa shape index (κ3) is 2.61. The van der Waals surface area contributed by atoms with Crippen LogP contribution in [0.5, 0.6) is 11.5 Å². The number of methoxy groups -OCH3 is 1. The Bertz CT molecular complexity index is 720. The molecule has 1 aromatic rings. The Morgan fingerprint density at radius 3 is 2.27 bits per heavy atom. The second-order valence-electron chi connectivity index (χ2n) is 7.26. The predicted octanol–water partition coefficient (Wildman–Crippen LogP) is 2.44. The van der Waals surface area contributed by atoms with Gasteiger partial charge in [-0.3, -0.25) is 9.59 Å². The van der Waals surface area contributed by atoms with Crippen molar-refractivity contribution in [3.05, 3.63) is 23.8 Å². The molecule has 5 atom stereocenters. The molecule has 7 nitrogen and oxygen atoms in total. The number of hydrogen-bond acceptors (Lipinski definition) is 5. The van der Waals surface area contributed by atoms with Crippen molar-refractivity contribution < 1.29 is 29.6 Å². The Labute approximate surface area is 153 Å². The van der Waals surface area contributed by atoms with E-state index >= 15 is 0 Å². The highest BCUT2D eigenvalue weighted by Gasteiger charge is 2.64. The molecule has 0 saturated carbocycles. The molecule has 1 aliphatic heterocycles. The van der Waals surface area contributed by atoms with E-state index in [0.29, 0.717) is 5.56 Å². The number of aliphatic carboxylic acids is 2. The van der Waals surface area contributed by atoms with E-state index in [-0.39, 0.29) is 17.9 Å². The standard InChI is InChI=1S/C19H27NO6/c1-6-19(17(24)25)11(3)20-10(2)18(4,16(22)23)15(19)12-7-8-13(21)14(9-12)26-5/h7-11,15,20-21H,6H2,1-5H3,(H,22,23)(H,24,25). The number of benzene rings is 1. The van der Waals surface area contributed by atoms with Crippen molar-refractivity contribution in [2.24, 2.45) is 10.8 Å². The van der Waals surface area contributed by atoms with Crippen LogP contribution in [0.2, 0.25) is 0 Å². The second kappa shape index (κ2) is 6.79. The van der Waals surface area contributed by atoms with Crippen molar-refractivity contribution in [1.82, 2.24) is 5.32 Å². The molecule has 2 rings (SSSR count). The molecule has 144 valence electrons. The van der Waals surface area contributed by atoms with Crippen LogP contribution in [0.3, 0.4) is 0 Å². The fraction of sp³-hybridized carbons (Fsp3) is 0.579. The van der Waals surface area contributed by atoms with Gasteiger partial charge in [-0.25, -0.2) is 0 Å². The van der Waals surface area contributed by atoms with E-state index in [4.69, 9.17) is 4.74 Å². The number of aromatic hydroxyl groups is 1. The first-order valence-corrected chi connectivity index (χ1v) is 8.67. The number of rotatable bonds is 5. The number of carbonyl (C=O) groups is 2. The third-order valence-electron chi connectivity index (χ3n) is 6.27. The van der Waals surface area contributed by atoms with E-state index in [2.05, 4.69) is 5.32 Å². The zero-order valence-electron chi connectivity index (χ0n) is 15.7. The zero-order valence-corrected chi connectivity index (χ0v) is 15.7. The Hall–Kier alpha value is -2.28. The molecule has 1 heterocycles. The van der Waals surface area contributed by atoms with Gasteiger partial charge in [-0.15, -0.1) is 0 Å². The van der Waals surface area contributed by atoms with E-state index in [1.54, 1.807) is 39.8 Å². The number of ether oxygens (including phenoxy) is 1. The monoisotopic (exact) mass is 365 g/mol. The molecule has 0 bridgehead atoms. The van der Waals surface area contributed by atoms with Gasteiger partial charge in [-0.2, -0.15) is 0 Å². The van der Waals surface area contributed by atoms with Crippen molar-refractivity contribution in [3.63, 3.8) is 0 Å². The van der Waals surface area contributed by atoms with E-state index in [1.165, 1.54) is 13.2 Å². The minimum absolute atomic E-state index is 0.0827. The van der Waals surface area contributed by atoms with Crippen LogP contribution in [-0.2, 0) is 9.59 Å². The minimum Gasteiger partial charge on any atom is -0.504 e. The van der Waals surface area contributed by atoms with Crippen LogP contribution < -0.4 is 10.1 Å². The van der Waals surface area contributed by atoms with Crippen LogP contribution in [0, 0.1) is 10.8 Å². The summed E-state index contributed by atoms with van der Waals surface area (Å²) in [6.45, 7) is 6.88. The number of piperidine rings is 1. The predicted molar refractivity (Wildman–Crippen MR) is 95.6 cm³/mol. The Kier molecular flexibility index (Phi) is 5.24. The fourth-order valence-electron chi connectivity index (χ4n) is 4.53. The van der Waals surface area contributed by atoms with E-state index in [0.717, 1.165) is 0 Å². The van der Waals surface area contributed by atoms with Crippen LogP contribution in [0.1, 0.15) is 45.6 Å². The summed E-state index contributed by atoms with van der Waals surface area (Å²) in [5, 5.41) is 33.3. The van der Waals surface area contributed by atoms with Crippen LogP contribution in [-0.4, -0.2) is 46.5 Å². The lowest BCUT2D eigenvalue weighted by atomic mass is 9.51. The topological polar surface area (TPSA) is 116 Å². The fourth-order valence-corrected chi connectivity index (χ4v) is 4.53. The van der Waals surface area contributed by atoms with Gasteiger partial charge in [0.05, 0.1) is 17.9 Å². The van der Waals surface area contributed by atoms with Gasteiger partial charge >= 0.3 is 11.9 Å². The van der Waals surface area contributed by atoms with Gasteiger partial charge in [-0.1, -0.05) is 13.0 Å². The summed E-state index contributed by atoms with van der Waals surface area (Å²) in [5.74, 6) is -2.84. The quantitative estimate of drug-likeness (QED) is 0.633. The molecule has 26 heavy (non-hydrogen) atoms. The van der Waals surface area contributed by atoms with Gasteiger partial charge in [0.1, 0.15) is 0 Å². The maximum atomic E-state index is 12.4. The molecule has 7 heteroatoms. The third-order valence-corrected chi connectivity index (χ3v) is 6.27. The summed E-state index contributed by atoms with van der Waals surface area (Å²) in [6, 6.07) is 3.63. The van der Waals surface area contributed by atoms with Gasteiger partial charge in [0.2, 0.25) is 0 Å². The lowest BCUT2D eigenvalue weighted by Crippen LogP contribution is -2.68. The normalized spacial score (nSPS) is 34.3. The summed E-state index contributed by atoms with van der Waals surface area (Å²) in [5.41, 5.74) is -2.18. The minimum atomic E-state index is -1.37. The van der Waals surface area contributed by atoms with Crippen molar-refractivity contribution in [2.75, 3.05) is 7.11 Å². The van der Waals surface area contributed by atoms with Gasteiger partial charge in [0.25, 0.3) is 0 Å². The van der Waals surface area contributed by atoms with Crippen LogP contribution in [0.15, 0.2) is 18.2 Å². The zero-order chi connectivity index (χ0) is 19.9. The van der Waals surface area contributed by atoms with E-state index in [9.17, 15) is 24.9 Å². The highest BCUT2D eigenvalue weighted by molar-refractivity contribution is 5.84. The van der Waals surface area contributed by atoms with E-state index in [1.807, 2.05) is 0 Å². The SMILES string of the molecule is CCC1(C(=O)O)C(C)NC(C)C(C)(C(=O)O)C1c1ccc(O)c(OC)c1. The van der Waals surface area contributed by atoms with Crippen molar-refractivity contribution >= 4 is 11.9 Å². The first-order valence-electron chi connectivity index (χ1n) is 8.67. The summed E-state index contributed by atoms with van der Waals surface area (Å²) >= 11 is 0. The molecule has 0 radical (unpaired) electrons. The Morgan fingerprint density at radius 2 is 1.81 bits per heavy atom. The summed E-state index contributed by atoms with van der Waals surface area (Å²) in [7, 11) is 1.40. The van der Waals surface area contributed by atoms with Gasteiger partial charge in [0, 0.05) is 18.0 Å². The second-order valence-corrected chi connectivity index (χ2v) is 7.26. The average Bonchev–Trinajstić information content (AvgIpc) is 2.58. The molecule has 0 spiro atoms. The first-order chi connectivity index (χ1) is 12.1. The van der Waals surface area contributed by atoms with Crippen LogP contribution in [0.25, 0.3) is 0 Å². The van der Waals surface area contributed by atoms with Gasteiger partial charge in [0.15, 0.2) is 11.5 Å². The molecular weight excluding hydrogens is 338 g/mol. The number of phenols is 1. The number of nitrogens with one attached hydrogen (secondary N) is 1. The molecule has 0 aromatic heterocycles. The summed E-state index contributed by atoms with van der Waals surface area (Å²) < 4.78 is 5.16. The van der Waals surface area contributed by atoms with Gasteiger partial charge < -0.3 is 25.4 Å². The Balaban J connectivity index is 2.84. The highest BCUT2D eigenvalue weighted by Crippen LogP contribution is 2.57. The highest BCUT2D eigenvalue weighted by atomic mass is 16.5. The average molecular weight is 365 g/mol. The van der Waals surface area contributed by atoms with Crippen molar-refractivity contribution in [1.29, 1.82) is 0 Å². The number of hydrogen-bond donors (Lipinski definition) is 4. The molecule has 5 unspecified atom stereocenters. The maximum absolute atomic E-state index is 12.4. The van der Waals surface area contributed by atoms with Gasteiger partial charge in [-0.05, 0) is 44.9 Å². The van der Waals surface area contributed by atoms with Crippen molar-refractivity contribution in [3.8, 4) is 11.5 Å². The number of carboxylic acid groups (broad SMARTS) is 2. The summed E-state index contributed by atoms with van der Waals surface area (Å²) in [6.07, 6.45) is 0.250. The molecule has 0 amide bonds.